The van der Waals surface area contributed by atoms with Gasteiger partial charge in [-0.3, -0.25) is 0 Å². The zero-order valence-electron chi connectivity index (χ0n) is 14.1. The highest BCUT2D eigenvalue weighted by Gasteiger charge is 2.34. The molecule has 0 saturated heterocycles. The first kappa shape index (κ1) is 19.5. The summed E-state index contributed by atoms with van der Waals surface area (Å²) in [4.78, 5) is 19.2. The van der Waals surface area contributed by atoms with Gasteiger partial charge in [-0.25, -0.2) is 18.6 Å². The first-order valence-electron chi connectivity index (χ1n) is 7.71. The van der Waals surface area contributed by atoms with Gasteiger partial charge < -0.3 is 10.1 Å². The van der Waals surface area contributed by atoms with Gasteiger partial charge in [0.15, 0.2) is 11.7 Å². The maximum Gasteiger partial charge on any atom is 0.433 e. The third kappa shape index (κ3) is 3.85. The fourth-order valence-corrected chi connectivity index (χ4v) is 2.44. The van der Waals surface area contributed by atoms with Gasteiger partial charge in [-0.1, -0.05) is 24.3 Å². The molecule has 3 rings (SSSR count). The van der Waals surface area contributed by atoms with E-state index in [0.717, 1.165) is 30.1 Å². The molecule has 1 atom stereocenters. The fourth-order valence-electron chi connectivity index (χ4n) is 2.44. The van der Waals surface area contributed by atoms with Crippen molar-refractivity contribution < 1.29 is 31.5 Å². The standard InChI is InChI=1S/C16H12F5N5O2/c1-28-14(27)12(8-2-4-9(5-3-8)13(17)18)25-11-6-10(16(19,20)21)24-15-22-7-23-26(11)15/h2-7,12-13,25H,1H3. The summed E-state index contributed by atoms with van der Waals surface area (Å²) in [6, 6.07) is 4.09. The minimum absolute atomic E-state index is 0.204. The highest BCUT2D eigenvalue weighted by atomic mass is 19.4. The summed E-state index contributed by atoms with van der Waals surface area (Å²) in [7, 11) is 1.09. The Hall–Kier alpha value is -3.31. The van der Waals surface area contributed by atoms with Crippen LogP contribution in [0, 0.1) is 0 Å². The maximum absolute atomic E-state index is 13.1. The van der Waals surface area contributed by atoms with Crippen molar-refractivity contribution in [3.63, 3.8) is 0 Å². The number of nitrogens with zero attached hydrogens (tertiary/aromatic N) is 4. The Bertz CT molecular complexity index is 987. The number of carbonyl (C=O) groups is 1. The quantitative estimate of drug-likeness (QED) is 0.521. The summed E-state index contributed by atoms with van der Waals surface area (Å²) in [5.41, 5.74) is -1.31. The van der Waals surface area contributed by atoms with Crippen LogP contribution in [-0.4, -0.2) is 32.7 Å². The lowest BCUT2D eigenvalue weighted by atomic mass is 10.0. The second kappa shape index (κ2) is 7.37. The number of ether oxygens (including phenoxy) is 1. The number of methoxy groups -OCH3 is 1. The van der Waals surface area contributed by atoms with E-state index in [1.807, 2.05) is 0 Å². The van der Waals surface area contributed by atoms with Crippen LogP contribution in [0.15, 0.2) is 36.7 Å². The maximum atomic E-state index is 13.1. The molecule has 28 heavy (non-hydrogen) atoms. The predicted molar refractivity (Wildman–Crippen MR) is 85.6 cm³/mol. The number of esters is 1. The van der Waals surface area contributed by atoms with Gasteiger partial charge in [0.1, 0.15) is 12.1 Å². The topological polar surface area (TPSA) is 81.4 Å². The first-order valence-corrected chi connectivity index (χ1v) is 7.71. The lowest BCUT2D eigenvalue weighted by Crippen LogP contribution is -2.24. The average molecular weight is 401 g/mol. The monoisotopic (exact) mass is 401 g/mol. The van der Waals surface area contributed by atoms with Gasteiger partial charge in [0.05, 0.1) is 7.11 Å². The summed E-state index contributed by atoms with van der Waals surface area (Å²) in [5, 5.41) is 6.37. The zero-order valence-corrected chi connectivity index (χ0v) is 14.1. The molecule has 0 bridgehead atoms. The molecule has 2 aromatic heterocycles. The molecule has 0 fully saturated rings. The molecule has 0 saturated carbocycles. The number of rotatable bonds is 5. The van der Waals surface area contributed by atoms with E-state index in [1.165, 1.54) is 12.1 Å². The molecular formula is C16H12F5N5O2. The number of aromatic nitrogens is 4. The van der Waals surface area contributed by atoms with Gasteiger partial charge >= 0.3 is 12.1 Å². The van der Waals surface area contributed by atoms with Crippen molar-refractivity contribution in [3.05, 3.63) is 53.5 Å². The largest absolute Gasteiger partial charge is 0.467 e. The molecule has 12 heteroatoms. The van der Waals surface area contributed by atoms with Crippen LogP contribution >= 0.6 is 0 Å². The van der Waals surface area contributed by atoms with Crippen molar-refractivity contribution in [3.8, 4) is 0 Å². The number of hydrogen-bond acceptors (Lipinski definition) is 6. The highest BCUT2D eigenvalue weighted by molar-refractivity contribution is 5.80. The molecule has 1 N–H and O–H groups in total. The predicted octanol–water partition coefficient (Wildman–Crippen LogP) is 3.41. The van der Waals surface area contributed by atoms with Crippen LogP contribution in [-0.2, 0) is 15.7 Å². The minimum atomic E-state index is -4.76. The van der Waals surface area contributed by atoms with Crippen LogP contribution in [0.1, 0.15) is 29.3 Å². The van der Waals surface area contributed by atoms with Crippen LogP contribution in [0.2, 0.25) is 0 Å². The van der Waals surface area contributed by atoms with E-state index < -0.39 is 30.3 Å². The summed E-state index contributed by atoms with van der Waals surface area (Å²) in [6.07, 6.45) is -6.47. The van der Waals surface area contributed by atoms with Crippen molar-refractivity contribution in [2.24, 2.45) is 0 Å². The molecule has 0 radical (unpaired) electrons. The van der Waals surface area contributed by atoms with Crippen molar-refractivity contribution in [1.82, 2.24) is 19.6 Å². The second-order valence-corrected chi connectivity index (χ2v) is 5.56. The van der Waals surface area contributed by atoms with E-state index in [0.29, 0.717) is 6.07 Å². The number of nitrogens with one attached hydrogen (secondary N) is 1. The number of hydrogen-bond donors (Lipinski definition) is 1. The first-order chi connectivity index (χ1) is 13.2. The van der Waals surface area contributed by atoms with Crippen LogP contribution in [0.5, 0.6) is 0 Å². The van der Waals surface area contributed by atoms with Crippen molar-refractivity contribution in [1.29, 1.82) is 0 Å². The van der Waals surface area contributed by atoms with Crippen molar-refractivity contribution in [2.45, 2.75) is 18.6 Å². The molecule has 148 valence electrons. The van der Waals surface area contributed by atoms with Crippen LogP contribution in [0.4, 0.5) is 27.8 Å². The number of carbonyl (C=O) groups excluding carboxylic acids is 1. The fraction of sp³-hybridized carbons (Fsp3) is 0.250. The Labute approximate surface area is 154 Å². The van der Waals surface area contributed by atoms with E-state index >= 15 is 0 Å². The normalized spacial score (nSPS) is 13.0. The third-order valence-electron chi connectivity index (χ3n) is 3.79. The van der Waals surface area contributed by atoms with E-state index in [9.17, 15) is 26.7 Å². The molecule has 0 spiro atoms. The van der Waals surface area contributed by atoms with Crippen molar-refractivity contribution in [2.75, 3.05) is 12.4 Å². The molecule has 1 aromatic carbocycles. The van der Waals surface area contributed by atoms with E-state index in [-0.39, 0.29) is 22.7 Å². The summed E-state index contributed by atoms with van der Waals surface area (Å²) < 4.78 is 70.4. The molecule has 0 amide bonds. The van der Waals surface area contributed by atoms with Gasteiger partial charge in [0.25, 0.3) is 12.2 Å². The van der Waals surface area contributed by atoms with Crippen molar-refractivity contribution >= 4 is 17.6 Å². The average Bonchev–Trinajstić information content (AvgIpc) is 3.13. The third-order valence-corrected chi connectivity index (χ3v) is 3.79. The summed E-state index contributed by atoms with van der Waals surface area (Å²) in [5.74, 6) is -1.42. The number of fused-ring (bicyclic) bond motifs is 1. The molecule has 3 aromatic rings. The van der Waals surface area contributed by atoms with Crippen LogP contribution < -0.4 is 5.32 Å². The van der Waals surface area contributed by atoms with E-state index in [1.54, 1.807) is 0 Å². The summed E-state index contributed by atoms with van der Waals surface area (Å²) >= 11 is 0. The number of alkyl halides is 5. The minimum Gasteiger partial charge on any atom is -0.467 e. The Morgan fingerprint density at radius 1 is 1.18 bits per heavy atom. The second-order valence-electron chi connectivity index (χ2n) is 5.56. The van der Waals surface area contributed by atoms with Gasteiger partial charge in [-0.2, -0.15) is 27.8 Å². The van der Waals surface area contributed by atoms with Crippen LogP contribution in [0.25, 0.3) is 5.78 Å². The number of benzene rings is 1. The SMILES string of the molecule is COC(=O)C(Nc1cc(C(F)(F)F)nc2ncnn12)c1ccc(C(F)F)cc1. The van der Waals surface area contributed by atoms with E-state index in [2.05, 4.69) is 25.1 Å². The molecule has 0 aliphatic rings. The Balaban J connectivity index is 2.04. The highest BCUT2D eigenvalue weighted by Crippen LogP contribution is 2.31. The zero-order chi connectivity index (χ0) is 20.5. The number of anilines is 1. The lowest BCUT2D eigenvalue weighted by molar-refractivity contribution is -0.141. The molecule has 0 aliphatic heterocycles. The summed E-state index contributed by atoms with van der Waals surface area (Å²) in [6.45, 7) is 0. The van der Waals surface area contributed by atoms with Gasteiger partial charge in [-0.05, 0) is 5.56 Å². The van der Waals surface area contributed by atoms with Gasteiger partial charge in [0.2, 0.25) is 0 Å². The number of halogens is 5. The molecule has 1 unspecified atom stereocenters. The smallest absolute Gasteiger partial charge is 0.433 e. The van der Waals surface area contributed by atoms with E-state index in [4.69, 9.17) is 0 Å². The molecule has 0 aliphatic carbocycles. The molecule has 7 nitrogen and oxygen atoms in total. The lowest BCUT2D eigenvalue weighted by Gasteiger charge is -2.19. The Kier molecular flexibility index (Phi) is 5.12. The molecular weight excluding hydrogens is 389 g/mol. The van der Waals surface area contributed by atoms with Gasteiger partial charge in [0, 0.05) is 11.6 Å². The van der Waals surface area contributed by atoms with Gasteiger partial charge in [-0.15, -0.1) is 0 Å². The Morgan fingerprint density at radius 3 is 2.39 bits per heavy atom. The van der Waals surface area contributed by atoms with Crippen LogP contribution in [0.3, 0.4) is 0 Å². The molecule has 2 heterocycles. The Morgan fingerprint density at radius 2 is 1.82 bits per heavy atom.